The molecule has 0 aliphatic heterocycles. The maximum atomic E-state index is 13.1. The fourth-order valence-electron chi connectivity index (χ4n) is 1.40. The third-order valence-corrected chi connectivity index (χ3v) is 2.02. The van der Waals surface area contributed by atoms with E-state index in [1.807, 2.05) is 0 Å². The molecule has 100 valence electrons. The number of halogens is 4. The van der Waals surface area contributed by atoms with Gasteiger partial charge in [0.25, 0.3) is 0 Å². The smallest absolute Gasteiger partial charge is 0.383 e. The van der Waals surface area contributed by atoms with Crippen LogP contribution in [0, 0.1) is 5.82 Å². The molecule has 0 saturated heterocycles. The first-order valence-corrected chi connectivity index (χ1v) is 5.23. The average Bonchev–Trinajstić information content (AvgIpc) is 2.12. The fourth-order valence-corrected chi connectivity index (χ4v) is 1.40. The monoisotopic (exact) mass is 262 g/mol. The van der Waals surface area contributed by atoms with Crippen molar-refractivity contribution in [2.24, 2.45) is 10.7 Å². The van der Waals surface area contributed by atoms with Crippen molar-refractivity contribution in [1.82, 2.24) is 0 Å². The van der Waals surface area contributed by atoms with Crippen molar-refractivity contribution >= 4 is 5.84 Å². The van der Waals surface area contributed by atoms with Gasteiger partial charge in [0.05, 0.1) is 11.1 Å². The van der Waals surface area contributed by atoms with Crippen LogP contribution in [-0.4, -0.2) is 11.4 Å². The number of alkyl halides is 3. The maximum absolute atomic E-state index is 13.1. The third kappa shape index (κ3) is 3.72. The summed E-state index contributed by atoms with van der Waals surface area (Å²) in [5.74, 6) is -1.11. The van der Waals surface area contributed by atoms with E-state index in [1.54, 1.807) is 20.8 Å². The van der Waals surface area contributed by atoms with Crippen LogP contribution in [0.15, 0.2) is 23.2 Å². The minimum Gasteiger partial charge on any atom is -0.383 e. The van der Waals surface area contributed by atoms with E-state index in [-0.39, 0.29) is 5.84 Å². The quantitative estimate of drug-likeness (QED) is 0.470. The number of rotatable bonds is 1. The minimum atomic E-state index is -4.60. The highest BCUT2D eigenvalue weighted by molar-refractivity contribution is 5.99. The largest absolute Gasteiger partial charge is 0.417 e. The van der Waals surface area contributed by atoms with E-state index in [0.29, 0.717) is 6.07 Å². The van der Waals surface area contributed by atoms with Gasteiger partial charge < -0.3 is 5.73 Å². The first-order chi connectivity index (χ1) is 8.00. The van der Waals surface area contributed by atoms with E-state index >= 15 is 0 Å². The van der Waals surface area contributed by atoms with Crippen LogP contribution in [0.1, 0.15) is 31.9 Å². The number of nitrogens with two attached hydrogens (primary N) is 1. The maximum Gasteiger partial charge on any atom is 0.417 e. The molecule has 0 amide bonds. The van der Waals surface area contributed by atoms with Gasteiger partial charge in [0.15, 0.2) is 0 Å². The molecule has 0 aliphatic rings. The molecule has 1 aromatic rings. The first kappa shape index (κ1) is 14.5. The Bertz CT molecular complexity index is 470. The third-order valence-electron chi connectivity index (χ3n) is 2.02. The normalized spacial score (nSPS) is 13.8. The van der Waals surface area contributed by atoms with Gasteiger partial charge in [0, 0.05) is 5.56 Å². The Morgan fingerprint density at radius 3 is 2.17 bits per heavy atom. The Morgan fingerprint density at radius 1 is 1.17 bits per heavy atom. The standard InChI is InChI=1S/C12H14F4N2/c1-11(2,3)18-10(17)8-6-7(13)4-5-9(8)12(14,15)16/h4-6H,1-3H3,(H2,17,18). The predicted octanol–water partition coefficient (Wildman–Crippen LogP) is 3.35. The summed E-state index contributed by atoms with van der Waals surface area (Å²) in [4.78, 5) is 3.92. The van der Waals surface area contributed by atoms with Crippen LogP contribution in [0.3, 0.4) is 0 Å². The minimum absolute atomic E-state index is 0.325. The molecule has 1 aromatic carbocycles. The lowest BCUT2D eigenvalue weighted by molar-refractivity contribution is -0.137. The summed E-state index contributed by atoms with van der Waals surface area (Å²) in [5, 5.41) is 0. The second kappa shape index (κ2) is 4.59. The van der Waals surface area contributed by atoms with E-state index in [2.05, 4.69) is 4.99 Å². The van der Waals surface area contributed by atoms with Crippen molar-refractivity contribution in [3.8, 4) is 0 Å². The second-order valence-corrected chi connectivity index (χ2v) is 4.86. The Hall–Kier alpha value is -1.59. The average molecular weight is 262 g/mol. The molecule has 0 unspecified atom stereocenters. The number of aliphatic imine (C=N–C) groups is 1. The van der Waals surface area contributed by atoms with Gasteiger partial charge >= 0.3 is 6.18 Å². The van der Waals surface area contributed by atoms with Gasteiger partial charge in [-0.3, -0.25) is 4.99 Å². The highest BCUT2D eigenvalue weighted by atomic mass is 19.4. The Kier molecular flexibility index (Phi) is 3.69. The van der Waals surface area contributed by atoms with Gasteiger partial charge in [-0.15, -0.1) is 0 Å². The Morgan fingerprint density at radius 2 is 1.72 bits per heavy atom. The zero-order valence-electron chi connectivity index (χ0n) is 10.3. The van der Waals surface area contributed by atoms with Crippen molar-refractivity contribution in [2.45, 2.75) is 32.5 Å². The van der Waals surface area contributed by atoms with Gasteiger partial charge in [-0.1, -0.05) is 0 Å². The van der Waals surface area contributed by atoms with Crippen molar-refractivity contribution in [2.75, 3.05) is 0 Å². The summed E-state index contributed by atoms with van der Waals surface area (Å²) in [6, 6.07) is 2.15. The van der Waals surface area contributed by atoms with Gasteiger partial charge in [0.1, 0.15) is 11.7 Å². The SMILES string of the molecule is CC(C)(C)N=C(N)c1cc(F)ccc1C(F)(F)F. The van der Waals surface area contributed by atoms with Crippen molar-refractivity contribution in [3.05, 3.63) is 35.1 Å². The number of nitrogens with zero attached hydrogens (tertiary/aromatic N) is 1. The van der Waals surface area contributed by atoms with Gasteiger partial charge in [0.2, 0.25) is 0 Å². The Balaban J connectivity index is 3.39. The molecule has 0 atom stereocenters. The van der Waals surface area contributed by atoms with Crippen LogP contribution in [0.2, 0.25) is 0 Å². The summed E-state index contributed by atoms with van der Waals surface area (Å²) < 4.78 is 51.3. The van der Waals surface area contributed by atoms with Crippen LogP contribution in [0.25, 0.3) is 0 Å². The molecule has 18 heavy (non-hydrogen) atoms. The van der Waals surface area contributed by atoms with Crippen LogP contribution < -0.4 is 5.73 Å². The van der Waals surface area contributed by atoms with E-state index in [0.717, 1.165) is 12.1 Å². The number of hydrogen-bond acceptors (Lipinski definition) is 1. The molecule has 0 aromatic heterocycles. The second-order valence-electron chi connectivity index (χ2n) is 4.86. The number of hydrogen-bond donors (Lipinski definition) is 1. The van der Waals surface area contributed by atoms with Gasteiger partial charge in [-0.25, -0.2) is 4.39 Å². The summed E-state index contributed by atoms with van der Waals surface area (Å²) in [6.45, 7) is 5.06. The van der Waals surface area contributed by atoms with Gasteiger partial charge in [-0.05, 0) is 39.0 Å². The molecule has 0 aliphatic carbocycles. The van der Waals surface area contributed by atoms with Gasteiger partial charge in [-0.2, -0.15) is 13.2 Å². The number of amidine groups is 1. The Labute approximate surface area is 103 Å². The summed E-state index contributed by atoms with van der Waals surface area (Å²) in [7, 11) is 0. The molecule has 0 spiro atoms. The fraction of sp³-hybridized carbons (Fsp3) is 0.417. The van der Waals surface area contributed by atoms with Crippen LogP contribution in [-0.2, 0) is 6.18 Å². The van der Waals surface area contributed by atoms with Crippen LogP contribution in [0.5, 0.6) is 0 Å². The zero-order chi connectivity index (χ0) is 14.1. The first-order valence-electron chi connectivity index (χ1n) is 5.23. The summed E-state index contributed by atoms with van der Waals surface area (Å²) >= 11 is 0. The molecule has 0 fully saturated rings. The molecule has 0 heterocycles. The van der Waals surface area contributed by atoms with Crippen molar-refractivity contribution in [3.63, 3.8) is 0 Å². The predicted molar refractivity (Wildman–Crippen MR) is 61.9 cm³/mol. The summed E-state index contributed by atoms with van der Waals surface area (Å²) in [5.41, 5.74) is 3.47. The van der Waals surface area contributed by atoms with Crippen LogP contribution in [0.4, 0.5) is 17.6 Å². The van der Waals surface area contributed by atoms with E-state index in [1.165, 1.54) is 0 Å². The highest BCUT2D eigenvalue weighted by Crippen LogP contribution is 2.32. The van der Waals surface area contributed by atoms with E-state index in [4.69, 9.17) is 5.73 Å². The van der Waals surface area contributed by atoms with E-state index < -0.39 is 28.7 Å². The highest BCUT2D eigenvalue weighted by Gasteiger charge is 2.34. The molecular formula is C12H14F4N2. The molecule has 1 rings (SSSR count). The molecule has 6 heteroatoms. The topological polar surface area (TPSA) is 38.4 Å². The number of benzene rings is 1. The molecular weight excluding hydrogens is 248 g/mol. The molecule has 2 nitrogen and oxygen atoms in total. The summed E-state index contributed by atoms with van der Waals surface area (Å²) in [6.07, 6.45) is -4.60. The lowest BCUT2D eigenvalue weighted by Crippen LogP contribution is -2.24. The lowest BCUT2D eigenvalue weighted by atomic mass is 10.0. The molecule has 0 radical (unpaired) electrons. The van der Waals surface area contributed by atoms with E-state index in [9.17, 15) is 17.6 Å². The molecule has 2 N–H and O–H groups in total. The van der Waals surface area contributed by atoms with Crippen molar-refractivity contribution in [1.29, 1.82) is 0 Å². The van der Waals surface area contributed by atoms with Crippen LogP contribution >= 0.6 is 0 Å². The lowest BCUT2D eigenvalue weighted by Gasteiger charge is -2.17. The van der Waals surface area contributed by atoms with Crippen molar-refractivity contribution < 1.29 is 17.6 Å². The molecule has 0 bridgehead atoms. The molecule has 0 saturated carbocycles. The zero-order valence-corrected chi connectivity index (χ0v) is 10.3.